The lowest BCUT2D eigenvalue weighted by Crippen LogP contribution is -2.27. The van der Waals surface area contributed by atoms with E-state index in [1.807, 2.05) is 13.0 Å². The predicted molar refractivity (Wildman–Crippen MR) is 122 cm³/mol. The summed E-state index contributed by atoms with van der Waals surface area (Å²) in [5, 5.41) is 1.13. The van der Waals surface area contributed by atoms with Crippen LogP contribution in [-0.4, -0.2) is 28.5 Å². The van der Waals surface area contributed by atoms with Crippen LogP contribution in [0.2, 0.25) is 10.0 Å². The molecule has 0 bridgehead atoms. The van der Waals surface area contributed by atoms with E-state index in [1.54, 1.807) is 12.3 Å². The third-order valence-corrected chi connectivity index (χ3v) is 6.42. The van der Waals surface area contributed by atoms with E-state index in [1.165, 1.54) is 16.7 Å². The van der Waals surface area contributed by atoms with Crippen LogP contribution in [0.4, 0.5) is 5.82 Å². The molecule has 30 heavy (non-hydrogen) atoms. The molecule has 2 N–H and O–H groups in total. The summed E-state index contributed by atoms with van der Waals surface area (Å²) in [7, 11) is 2.14. The van der Waals surface area contributed by atoms with Gasteiger partial charge in [-0.25, -0.2) is 9.97 Å². The second-order valence-corrected chi connectivity index (χ2v) is 8.59. The van der Waals surface area contributed by atoms with Crippen LogP contribution in [-0.2, 0) is 19.6 Å². The molecule has 0 spiro atoms. The van der Waals surface area contributed by atoms with Crippen LogP contribution in [0.5, 0.6) is 5.88 Å². The van der Waals surface area contributed by atoms with Gasteiger partial charge in [0, 0.05) is 29.2 Å². The van der Waals surface area contributed by atoms with Gasteiger partial charge in [0.1, 0.15) is 6.61 Å². The summed E-state index contributed by atoms with van der Waals surface area (Å²) in [5.41, 5.74) is 13.4. The Bertz CT molecular complexity index is 1120. The molecule has 0 amide bonds. The minimum atomic E-state index is 0.162. The maximum absolute atomic E-state index is 6.39. The highest BCUT2D eigenvalue weighted by Crippen LogP contribution is 2.32. The topological polar surface area (TPSA) is 64.3 Å². The average Bonchev–Trinajstić information content (AvgIpc) is 2.71. The van der Waals surface area contributed by atoms with Crippen LogP contribution in [0.25, 0.3) is 11.3 Å². The van der Waals surface area contributed by atoms with Crippen LogP contribution >= 0.6 is 23.2 Å². The van der Waals surface area contributed by atoms with E-state index in [4.69, 9.17) is 33.7 Å². The maximum atomic E-state index is 6.39. The van der Waals surface area contributed by atoms with Gasteiger partial charge in [0.05, 0.1) is 16.9 Å². The van der Waals surface area contributed by atoms with Crippen molar-refractivity contribution < 1.29 is 4.74 Å². The van der Waals surface area contributed by atoms with E-state index in [2.05, 4.69) is 41.0 Å². The first-order valence-corrected chi connectivity index (χ1v) is 10.6. The van der Waals surface area contributed by atoms with E-state index in [0.717, 1.165) is 36.3 Å². The van der Waals surface area contributed by atoms with Gasteiger partial charge in [0.25, 0.3) is 5.88 Å². The van der Waals surface area contributed by atoms with Crippen LogP contribution in [0.1, 0.15) is 27.8 Å². The van der Waals surface area contributed by atoms with Crippen molar-refractivity contribution in [3.63, 3.8) is 0 Å². The number of hydrogen-bond donors (Lipinski definition) is 1. The molecule has 0 fully saturated rings. The molecule has 156 valence electrons. The summed E-state index contributed by atoms with van der Waals surface area (Å²) < 4.78 is 5.89. The first kappa shape index (κ1) is 20.9. The Hall–Kier alpha value is -2.34. The quantitative estimate of drug-likeness (QED) is 0.599. The summed E-state index contributed by atoms with van der Waals surface area (Å²) in [5.74, 6) is 0.502. The van der Waals surface area contributed by atoms with E-state index in [-0.39, 0.29) is 18.3 Å². The standard InChI is InChI=1S/C23H24Cl2N4O/c1-13-4-5-19(24)18(21(13)25)12-30-23-22(26)27-10-20(28-23)15-8-14(2)17-6-7-29(3)11-16(17)9-15/h4-5,8-10H,6-7,11-12H2,1-3H3,(H2,26,27). The molecule has 1 aromatic heterocycles. The number of aryl methyl sites for hydroxylation is 2. The Morgan fingerprint density at radius 3 is 2.77 bits per heavy atom. The van der Waals surface area contributed by atoms with Crippen LogP contribution in [0.15, 0.2) is 30.5 Å². The van der Waals surface area contributed by atoms with Crippen LogP contribution in [0.3, 0.4) is 0 Å². The van der Waals surface area contributed by atoms with Gasteiger partial charge in [-0.3, -0.25) is 0 Å². The maximum Gasteiger partial charge on any atom is 0.258 e. The van der Waals surface area contributed by atoms with Gasteiger partial charge in [-0.05, 0) is 67.8 Å². The average molecular weight is 443 g/mol. The number of ether oxygens (including phenoxy) is 1. The van der Waals surface area contributed by atoms with Crippen molar-refractivity contribution in [1.82, 2.24) is 14.9 Å². The number of nitrogen functional groups attached to an aromatic ring is 1. The molecule has 3 aromatic rings. The lowest BCUT2D eigenvalue weighted by molar-refractivity contribution is 0.295. The highest BCUT2D eigenvalue weighted by molar-refractivity contribution is 6.36. The number of nitrogens with zero attached hydrogens (tertiary/aromatic N) is 3. The van der Waals surface area contributed by atoms with Crippen molar-refractivity contribution in [2.24, 2.45) is 0 Å². The number of fused-ring (bicyclic) bond motifs is 1. The second-order valence-electron chi connectivity index (χ2n) is 7.81. The van der Waals surface area contributed by atoms with Gasteiger partial charge in [0.2, 0.25) is 0 Å². The normalized spacial score (nSPS) is 13.9. The van der Waals surface area contributed by atoms with Crippen LogP contribution in [0, 0.1) is 13.8 Å². The fourth-order valence-electron chi connectivity index (χ4n) is 3.82. The van der Waals surface area contributed by atoms with Crippen molar-refractivity contribution in [2.75, 3.05) is 19.3 Å². The molecule has 5 nitrogen and oxygen atoms in total. The van der Waals surface area contributed by atoms with Gasteiger partial charge in [-0.15, -0.1) is 0 Å². The number of nitrogens with two attached hydrogens (primary N) is 1. The third kappa shape index (κ3) is 4.10. The van der Waals surface area contributed by atoms with Gasteiger partial charge >= 0.3 is 0 Å². The van der Waals surface area contributed by atoms with E-state index in [0.29, 0.717) is 15.6 Å². The highest BCUT2D eigenvalue weighted by Gasteiger charge is 2.18. The van der Waals surface area contributed by atoms with Crippen molar-refractivity contribution in [3.05, 3.63) is 68.3 Å². The lowest BCUT2D eigenvalue weighted by atomic mass is 9.92. The van der Waals surface area contributed by atoms with Crippen molar-refractivity contribution in [2.45, 2.75) is 33.4 Å². The van der Waals surface area contributed by atoms with E-state index >= 15 is 0 Å². The summed E-state index contributed by atoms with van der Waals surface area (Å²) in [4.78, 5) is 11.3. The number of likely N-dealkylation sites (N-methyl/N-ethyl adjacent to an activating group) is 1. The first-order chi connectivity index (χ1) is 14.3. The molecule has 0 saturated carbocycles. The fraction of sp³-hybridized carbons (Fsp3) is 0.304. The number of benzene rings is 2. The molecule has 0 radical (unpaired) electrons. The van der Waals surface area contributed by atoms with E-state index in [9.17, 15) is 0 Å². The zero-order valence-electron chi connectivity index (χ0n) is 17.3. The zero-order chi connectivity index (χ0) is 21.4. The van der Waals surface area contributed by atoms with Gasteiger partial charge in [-0.2, -0.15) is 0 Å². The Balaban J connectivity index is 1.64. The van der Waals surface area contributed by atoms with Crippen molar-refractivity contribution >= 4 is 29.0 Å². The molecule has 1 aliphatic rings. The summed E-state index contributed by atoms with van der Waals surface area (Å²) in [6.45, 7) is 6.25. The molecular weight excluding hydrogens is 419 g/mol. The molecule has 0 unspecified atom stereocenters. The smallest absolute Gasteiger partial charge is 0.258 e. The number of aromatic nitrogens is 2. The minimum absolute atomic E-state index is 0.162. The molecule has 4 rings (SSSR count). The molecule has 2 heterocycles. The predicted octanol–water partition coefficient (Wildman–Crippen LogP) is 5.22. The Morgan fingerprint density at radius 1 is 1.17 bits per heavy atom. The van der Waals surface area contributed by atoms with Gasteiger partial charge < -0.3 is 15.4 Å². The number of halogens is 2. The second kappa shape index (κ2) is 8.42. The van der Waals surface area contributed by atoms with Gasteiger partial charge in [0.15, 0.2) is 5.82 Å². The molecule has 0 atom stereocenters. The molecule has 0 aliphatic carbocycles. The summed E-state index contributed by atoms with van der Waals surface area (Å²) in [6, 6.07) is 8.03. The van der Waals surface area contributed by atoms with Crippen molar-refractivity contribution in [1.29, 1.82) is 0 Å². The van der Waals surface area contributed by atoms with Crippen molar-refractivity contribution in [3.8, 4) is 17.1 Å². The largest absolute Gasteiger partial charge is 0.470 e. The summed E-state index contributed by atoms with van der Waals surface area (Å²) in [6.07, 6.45) is 2.75. The third-order valence-electron chi connectivity index (χ3n) is 5.54. The fourth-order valence-corrected chi connectivity index (χ4v) is 4.30. The number of hydrogen-bond acceptors (Lipinski definition) is 5. The highest BCUT2D eigenvalue weighted by atomic mass is 35.5. The number of rotatable bonds is 4. The summed E-state index contributed by atoms with van der Waals surface area (Å²) >= 11 is 12.7. The van der Waals surface area contributed by atoms with Crippen LogP contribution < -0.4 is 10.5 Å². The number of anilines is 1. The molecular formula is C23H24Cl2N4O. The van der Waals surface area contributed by atoms with Gasteiger partial charge in [-0.1, -0.05) is 29.3 Å². The monoisotopic (exact) mass is 442 g/mol. The first-order valence-electron chi connectivity index (χ1n) is 9.83. The Labute approximate surface area is 186 Å². The molecule has 2 aromatic carbocycles. The zero-order valence-corrected chi connectivity index (χ0v) is 18.8. The minimum Gasteiger partial charge on any atom is -0.470 e. The molecule has 0 saturated heterocycles. The Kier molecular flexibility index (Phi) is 5.87. The molecule has 1 aliphatic heterocycles. The Morgan fingerprint density at radius 2 is 1.97 bits per heavy atom. The van der Waals surface area contributed by atoms with E-state index < -0.39 is 0 Å². The lowest BCUT2D eigenvalue weighted by Gasteiger charge is -2.27. The SMILES string of the molecule is Cc1ccc(Cl)c(COc2nc(-c3cc(C)c4c(c3)CN(C)CC4)cnc2N)c1Cl. The molecule has 7 heteroatoms.